The van der Waals surface area contributed by atoms with Crippen LogP contribution in [0.5, 0.6) is 5.75 Å². The van der Waals surface area contributed by atoms with Crippen molar-refractivity contribution in [2.75, 3.05) is 11.9 Å². The van der Waals surface area contributed by atoms with Crippen LogP contribution in [-0.2, 0) is 16.1 Å². The zero-order chi connectivity index (χ0) is 24.1. The predicted octanol–water partition coefficient (Wildman–Crippen LogP) is 6.41. The molecule has 0 spiro atoms. The molecule has 4 rings (SSSR count). The van der Waals surface area contributed by atoms with Gasteiger partial charge in [-0.1, -0.05) is 95.7 Å². The lowest BCUT2D eigenvalue weighted by Gasteiger charge is -2.14. The molecule has 0 unspecified atom stereocenters. The Morgan fingerprint density at radius 2 is 1.76 bits per heavy atom. The number of ether oxygens (including phenoxy) is 1. The highest BCUT2D eigenvalue weighted by Crippen LogP contribution is 2.35. The fraction of sp³-hybridized carbons (Fsp3) is 0.0800. The summed E-state index contributed by atoms with van der Waals surface area (Å²) in [6.07, 6.45) is 1.74. The van der Waals surface area contributed by atoms with Crippen LogP contribution in [0.2, 0.25) is 10.0 Å². The van der Waals surface area contributed by atoms with Crippen LogP contribution in [0.4, 0.5) is 5.69 Å². The predicted molar refractivity (Wildman–Crippen MR) is 142 cm³/mol. The van der Waals surface area contributed by atoms with E-state index in [2.05, 4.69) is 5.32 Å². The minimum atomic E-state index is -0.365. The average Bonchev–Trinajstić information content (AvgIpc) is 3.08. The van der Waals surface area contributed by atoms with Crippen molar-refractivity contribution in [1.82, 2.24) is 4.90 Å². The van der Waals surface area contributed by atoms with Crippen molar-refractivity contribution in [2.24, 2.45) is 0 Å². The summed E-state index contributed by atoms with van der Waals surface area (Å²) in [5.74, 6) is -0.161. The number of nitrogens with zero attached hydrogens (tertiary/aromatic N) is 1. The lowest BCUT2D eigenvalue weighted by Crippen LogP contribution is -2.27. The Kier molecular flexibility index (Phi) is 7.90. The zero-order valence-corrected chi connectivity index (χ0v) is 20.8. The number of amides is 2. The van der Waals surface area contributed by atoms with Crippen molar-refractivity contribution < 1.29 is 14.3 Å². The second kappa shape index (κ2) is 11.1. The first-order valence-electron chi connectivity index (χ1n) is 10.2. The third-order valence-electron chi connectivity index (χ3n) is 4.82. The minimum Gasteiger partial charge on any atom is -0.482 e. The number of halogens is 2. The topological polar surface area (TPSA) is 58.6 Å². The van der Waals surface area contributed by atoms with Crippen molar-refractivity contribution in [3.05, 3.63) is 98.9 Å². The number of thiocarbonyl (C=S) groups is 1. The zero-order valence-electron chi connectivity index (χ0n) is 17.7. The van der Waals surface area contributed by atoms with E-state index in [4.69, 9.17) is 40.2 Å². The number of para-hydroxylation sites is 1. The van der Waals surface area contributed by atoms with E-state index in [1.807, 2.05) is 30.3 Å². The Balaban J connectivity index is 1.39. The summed E-state index contributed by atoms with van der Waals surface area (Å²) < 4.78 is 6.06. The molecule has 2 amide bonds. The minimum absolute atomic E-state index is 0.147. The van der Waals surface area contributed by atoms with Gasteiger partial charge in [0.15, 0.2) is 6.61 Å². The second-order valence-electron chi connectivity index (χ2n) is 7.26. The molecule has 34 heavy (non-hydrogen) atoms. The molecule has 1 N–H and O–H groups in total. The lowest BCUT2D eigenvalue weighted by atomic mass is 10.2. The fourth-order valence-corrected chi connectivity index (χ4v) is 4.85. The number of rotatable bonds is 7. The summed E-state index contributed by atoms with van der Waals surface area (Å²) in [7, 11) is 0. The van der Waals surface area contributed by atoms with E-state index in [1.54, 1.807) is 53.4 Å². The van der Waals surface area contributed by atoms with Crippen molar-refractivity contribution in [3.8, 4) is 5.75 Å². The molecule has 0 atom stereocenters. The number of carbonyl (C=O) groups is 2. The lowest BCUT2D eigenvalue weighted by molar-refractivity contribution is -0.122. The molecule has 0 aliphatic carbocycles. The smallest absolute Gasteiger partial charge is 0.266 e. The van der Waals surface area contributed by atoms with Crippen molar-refractivity contribution in [1.29, 1.82) is 0 Å². The molecule has 0 radical (unpaired) electrons. The first kappa shape index (κ1) is 24.3. The molecule has 172 valence electrons. The number of benzene rings is 3. The Hall–Kier alpha value is -2.84. The van der Waals surface area contributed by atoms with Gasteiger partial charge < -0.3 is 10.1 Å². The highest BCUT2D eigenvalue weighted by molar-refractivity contribution is 8.26. The highest BCUT2D eigenvalue weighted by Gasteiger charge is 2.32. The number of hydrogen-bond acceptors (Lipinski definition) is 5. The molecule has 1 heterocycles. The number of anilines is 1. The van der Waals surface area contributed by atoms with Gasteiger partial charge in [-0.2, -0.15) is 0 Å². The molecular weight excluding hydrogens is 511 g/mol. The van der Waals surface area contributed by atoms with E-state index in [-0.39, 0.29) is 18.4 Å². The van der Waals surface area contributed by atoms with Crippen molar-refractivity contribution >= 4 is 75.1 Å². The van der Waals surface area contributed by atoms with E-state index in [0.717, 1.165) is 11.1 Å². The molecule has 1 aliphatic heterocycles. The molecule has 3 aromatic carbocycles. The van der Waals surface area contributed by atoms with Crippen LogP contribution in [0.15, 0.2) is 77.7 Å². The maximum atomic E-state index is 12.9. The summed E-state index contributed by atoms with van der Waals surface area (Å²) >= 11 is 19.1. The standard InChI is InChI=1S/C25H18Cl2N2O3S2/c26-18-8-4-5-9-20(18)28-23(30)15-32-21-11-10-17(12-19(21)27)13-22-24(31)29(25(33)34-22)14-16-6-2-1-3-7-16/h1-13H,14-15H2,(H,28,30)/b22-13-. The van der Waals surface area contributed by atoms with Crippen LogP contribution < -0.4 is 10.1 Å². The maximum absolute atomic E-state index is 12.9. The molecule has 1 fully saturated rings. The van der Waals surface area contributed by atoms with Gasteiger partial charge in [0, 0.05) is 0 Å². The number of thioether (sulfide) groups is 1. The first-order valence-corrected chi connectivity index (χ1v) is 12.1. The third-order valence-corrected chi connectivity index (χ3v) is 6.82. The molecule has 0 bridgehead atoms. The summed E-state index contributed by atoms with van der Waals surface area (Å²) in [5, 5.41) is 3.44. The number of carbonyl (C=O) groups excluding carboxylic acids is 2. The van der Waals surface area contributed by atoms with Crippen LogP contribution in [0, 0.1) is 0 Å². The normalized spacial score (nSPS) is 14.5. The molecule has 1 saturated heterocycles. The van der Waals surface area contributed by atoms with Gasteiger partial charge in [0.1, 0.15) is 10.1 Å². The van der Waals surface area contributed by atoms with Crippen molar-refractivity contribution in [3.63, 3.8) is 0 Å². The summed E-state index contributed by atoms with van der Waals surface area (Å²) in [6, 6.07) is 21.7. The fourth-order valence-electron chi connectivity index (χ4n) is 3.17. The molecule has 0 saturated carbocycles. The van der Waals surface area contributed by atoms with Crippen LogP contribution in [0.25, 0.3) is 6.08 Å². The van der Waals surface area contributed by atoms with Gasteiger partial charge in [-0.25, -0.2) is 0 Å². The molecule has 9 heteroatoms. The SMILES string of the molecule is O=C(COc1ccc(/C=C2\SC(=S)N(Cc3ccccc3)C2=O)cc1Cl)Nc1ccccc1Cl. The number of nitrogens with one attached hydrogen (secondary N) is 1. The highest BCUT2D eigenvalue weighted by atomic mass is 35.5. The van der Waals surface area contributed by atoms with Crippen LogP contribution in [-0.4, -0.2) is 27.6 Å². The summed E-state index contributed by atoms with van der Waals surface area (Å²) in [5.41, 5.74) is 2.23. The summed E-state index contributed by atoms with van der Waals surface area (Å²) in [4.78, 5) is 27.1. The number of hydrogen-bond donors (Lipinski definition) is 1. The summed E-state index contributed by atoms with van der Waals surface area (Å²) in [6.45, 7) is 0.190. The maximum Gasteiger partial charge on any atom is 0.266 e. The van der Waals surface area contributed by atoms with Crippen LogP contribution >= 0.6 is 47.2 Å². The van der Waals surface area contributed by atoms with Gasteiger partial charge in [-0.05, 0) is 41.5 Å². The van der Waals surface area contributed by atoms with Crippen molar-refractivity contribution in [2.45, 2.75) is 6.54 Å². The van der Waals surface area contributed by atoms with Gasteiger partial charge in [-0.15, -0.1) is 0 Å². The van der Waals surface area contributed by atoms with E-state index in [9.17, 15) is 9.59 Å². The molecule has 3 aromatic rings. The van der Waals surface area contributed by atoms with Crippen LogP contribution in [0.3, 0.4) is 0 Å². The molecule has 1 aliphatic rings. The Morgan fingerprint density at radius 1 is 1.03 bits per heavy atom. The first-order chi connectivity index (χ1) is 16.4. The van der Waals surface area contributed by atoms with E-state index in [0.29, 0.717) is 37.3 Å². The monoisotopic (exact) mass is 528 g/mol. The Morgan fingerprint density at radius 3 is 2.50 bits per heavy atom. The van der Waals surface area contributed by atoms with Gasteiger partial charge >= 0.3 is 0 Å². The van der Waals surface area contributed by atoms with Gasteiger partial charge in [-0.3, -0.25) is 14.5 Å². The van der Waals surface area contributed by atoms with E-state index >= 15 is 0 Å². The van der Waals surface area contributed by atoms with Crippen LogP contribution in [0.1, 0.15) is 11.1 Å². The van der Waals surface area contributed by atoms with Gasteiger partial charge in [0.2, 0.25) is 0 Å². The quantitative estimate of drug-likeness (QED) is 0.283. The third kappa shape index (κ3) is 5.98. The van der Waals surface area contributed by atoms with E-state index in [1.165, 1.54) is 11.8 Å². The van der Waals surface area contributed by atoms with Gasteiger partial charge in [0.05, 0.1) is 27.2 Å². The Labute approximate surface area is 216 Å². The molecular formula is C25H18Cl2N2O3S2. The molecule has 5 nitrogen and oxygen atoms in total. The second-order valence-corrected chi connectivity index (χ2v) is 9.75. The van der Waals surface area contributed by atoms with Gasteiger partial charge in [0.25, 0.3) is 11.8 Å². The Bertz CT molecular complexity index is 1280. The average molecular weight is 529 g/mol. The molecule has 0 aromatic heterocycles. The largest absolute Gasteiger partial charge is 0.482 e. The van der Waals surface area contributed by atoms with E-state index < -0.39 is 0 Å².